The van der Waals surface area contributed by atoms with Gasteiger partial charge in [-0.25, -0.2) is 4.79 Å². The number of benzene rings is 1. The van der Waals surface area contributed by atoms with Crippen molar-refractivity contribution in [3.63, 3.8) is 0 Å². The van der Waals surface area contributed by atoms with Crippen molar-refractivity contribution in [1.82, 2.24) is 5.32 Å². The molecule has 0 aliphatic carbocycles. The van der Waals surface area contributed by atoms with Crippen LogP contribution < -0.4 is 5.32 Å². The van der Waals surface area contributed by atoms with Gasteiger partial charge in [0.1, 0.15) is 5.58 Å². The van der Waals surface area contributed by atoms with Crippen molar-refractivity contribution in [2.24, 2.45) is 0 Å². The lowest BCUT2D eigenvalue weighted by atomic mass is 10.1. The molecule has 1 amide bonds. The highest BCUT2D eigenvalue weighted by Gasteiger charge is 2.14. The van der Waals surface area contributed by atoms with Crippen LogP contribution in [0.2, 0.25) is 0 Å². The second-order valence-corrected chi connectivity index (χ2v) is 4.93. The largest absolute Gasteiger partial charge is 0.479 e. The Balaban J connectivity index is 1.91. The fourth-order valence-corrected chi connectivity index (χ4v) is 2.03. The van der Waals surface area contributed by atoms with Gasteiger partial charge >= 0.3 is 5.97 Å². The fraction of sp³-hybridized carbons (Fsp3) is 0.333. The third kappa shape index (κ3) is 3.82. The average molecular weight is 291 g/mol. The molecular weight excluding hydrogens is 274 g/mol. The number of carbonyl (C=O) groups excluding carboxylic acids is 1. The van der Waals surface area contributed by atoms with Crippen LogP contribution >= 0.6 is 0 Å². The molecule has 1 aromatic carbocycles. The Morgan fingerprint density at radius 2 is 2.14 bits per heavy atom. The lowest BCUT2D eigenvalue weighted by molar-refractivity contribution is -0.147. The molecule has 0 saturated carbocycles. The van der Waals surface area contributed by atoms with Crippen molar-refractivity contribution < 1.29 is 24.2 Å². The van der Waals surface area contributed by atoms with Crippen LogP contribution in [0.15, 0.2) is 28.9 Å². The van der Waals surface area contributed by atoms with E-state index in [0.29, 0.717) is 0 Å². The van der Waals surface area contributed by atoms with Crippen LogP contribution in [-0.2, 0) is 16.0 Å². The van der Waals surface area contributed by atoms with E-state index in [4.69, 9.17) is 14.6 Å². The summed E-state index contributed by atoms with van der Waals surface area (Å²) < 4.78 is 5.41. The van der Waals surface area contributed by atoms with E-state index in [2.05, 4.69) is 5.32 Å². The minimum Gasteiger partial charge on any atom is -0.479 e. The first-order valence-electron chi connectivity index (χ1n) is 6.61. The molecule has 0 aliphatic heterocycles. The number of rotatable bonds is 6. The van der Waals surface area contributed by atoms with E-state index in [-0.39, 0.29) is 25.3 Å². The molecule has 6 nitrogen and oxygen atoms in total. The molecule has 1 aromatic heterocycles. The summed E-state index contributed by atoms with van der Waals surface area (Å²) in [6.07, 6.45) is 0.226. The minimum absolute atomic E-state index is 0.0214. The molecule has 0 fully saturated rings. The number of carboxylic acids is 1. The van der Waals surface area contributed by atoms with Gasteiger partial charge in [-0.15, -0.1) is 0 Å². The van der Waals surface area contributed by atoms with E-state index in [9.17, 15) is 9.59 Å². The van der Waals surface area contributed by atoms with Crippen LogP contribution in [0.4, 0.5) is 0 Å². The van der Waals surface area contributed by atoms with Crippen LogP contribution in [0.5, 0.6) is 0 Å². The predicted molar refractivity (Wildman–Crippen MR) is 75.9 cm³/mol. The zero-order chi connectivity index (χ0) is 15.4. The Labute approximate surface area is 121 Å². The van der Waals surface area contributed by atoms with Gasteiger partial charge in [-0.05, 0) is 18.6 Å². The van der Waals surface area contributed by atoms with E-state index in [1.807, 2.05) is 25.1 Å². The van der Waals surface area contributed by atoms with E-state index in [1.54, 1.807) is 6.26 Å². The van der Waals surface area contributed by atoms with Crippen LogP contribution in [0, 0.1) is 6.92 Å². The molecule has 0 spiro atoms. The molecule has 0 saturated heterocycles. The van der Waals surface area contributed by atoms with Gasteiger partial charge in [0.25, 0.3) is 0 Å². The first-order chi connectivity index (χ1) is 9.97. The van der Waals surface area contributed by atoms with Gasteiger partial charge in [0.2, 0.25) is 5.91 Å². The first-order valence-corrected chi connectivity index (χ1v) is 6.61. The van der Waals surface area contributed by atoms with Crippen LogP contribution in [0.3, 0.4) is 0 Å². The fourth-order valence-electron chi connectivity index (χ4n) is 2.03. The number of aryl methyl sites for hydroxylation is 1. The van der Waals surface area contributed by atoms with E-state index in [1.165, 1.54) is 0 Å². The molecule has 21 heavy (non-hydrogen) atoms. The van der Waals surface area contributed by atoms with Gasteiger partial charge in [-0.2, -0.15) is 0 Å². The highest BCUT2D eigenvalue weighted by atomic mass is 16.4. The SMILES string of the molecule is Cc1ccc2c(CC(=O)NCC[C@H](O)C(=O)O)coc2c1. The third-order valence-corrected chi connectivity index (χ3v) is 3.19. The van der Waals surface area contributed by atoms with E-state index < -0.39 is 12.1 Å². The number of carbonyl (C=O) groups is 2. The Hall–Kier alpha value is -2.34. The lowest BCUT2D eigenvalue weighted by Crippen LogP contribution is -2.30. The third-order valence-electron chi connectivity index (χ3n) is 3.19. The van der Waals surface area contributed by atoms with Gasteiger partial charge in [-0.3, -0.25) is 4.79 Å². The molecule has 3 N–H and O–H groups in total. The number of fused-ring (bicyclic) bond motifs is 1. The van der Waals surface area contributed by atoms with Crippen LogP contribution in [0.1, 0.15) is 17.5 Å². The minimum atomic E-state index is -1.46. The predicted octanol–water partition coefficient (Wildman–Crippen LogP) is 1.24. The summed E-state index contributed by atoms with van der Waals surface area (Å²) in [5, 5.41) is 21.1. The van der Waals surface area contributed by atoms with Gasteiger partial charge in [-0.1, -0.05) is 12.1 Å². The summed E-state index contributed by atoms with van der Waals surface area (Å²) in [6.45, 7) is 2.07. The van der Waals surface area contributed by atoms with Crippen molar-refractivity contribution in [1.29, 1.82) is 0 Å². The summed E-state index contributed by atoms with van der Waals surface area (Å²) in [6, 6.07) is 5.76. The molecule has 2 aromatic rings. The topological polar surface area (TPSA) is 99.8 Å². The molecule has 0 unspecified atom stereocenters. The zero-order valence-electron chi connectivity index (χ0n) is 11.6. The summed E-state index contributed by atoms with van der Waals surface area (Å²) >= 11 is 0. The molecule has 1 atom stereocenters. The zero-order valence-corrected chi connectivity index (χ0v) is 11.6. The maximum atomic E-state index is 11.8. The second kappa shape index (κ2) is 6.41. The normalized spacial score (nSPS) is 12.3. The molecule has 2 rings (SSSR count). The molecule has 0 radical (unpaired) electrons. The quantitative estimate of drug-likeness (QED) is 0.743. The number of amides is 1. The van der Waals surface area contributed by atoms with Gasteiger partial charge in [0, 0.05) is 23.9 Å². The molecule has 1 heterocycles. The number of aliphatic hydroxyl groups is 1. The molecular formula is C15H17NO5. The average Bonchev–Trinajstić information content (AvgIpc) is 2.80. The Kier molecular flexibility index (Phi) is 4.59. The van der Waals surface area contributed by atoms with Crippen molar-refractivity contribution in [3.05, 3.63) is 35.6 Å². The van der Waals surface area contributed by atoms with E-state index >= 15 is 0 Å². The number of furan rings is 1. The first kappa shape index (κ1) is 15.1. The molecule has 0 bridgehead atoms. The highest BCUT2D eigenvalue weighted by Crippen LogP contribution is 2.22. The van der Waals surface area contributed by atoms with Gasteiger partial charge in [0.15, 0.2) is 6.10 Å². The van der Waals surface area contributed by atoms with Crippen LogP contribution in [-0.4, -0.2) is 34.7 Å². The Morgan fingerprint density at radius 1 is 1.38 bits per heavy atom. The lowest BCUT2D eigenvalue weighted by Gasteiger charge is -2.06. The van der Waals surface area contributed by atoms with Crippen molar-refractivity contribution in [2.75, 3.05) is 6.54 Å². The number of hydrogen-bond donors (Lipinski definition) is 3. The number of nitrogens with one attached hydrogen (secondary N) is 1. The maximum absolute atomic E-state index is 11.8. The Bertz CT molecular complexity index is 661. The summed E-state index contributed by atoms with van der Waals surface area (Å²) in [5.41, 5.74) is 2.59. The van der Waals surface area contributed by atoms with E-state index in [0.717, 1.165) is 22.1 Å². The molecule has 6 heteroatoms. The van der Waals surface area contributed by atoms with Gasteiger partial charge < -0.3 is 19.9 Å². The summed E-state index contributed by atoms with van der Waals surface area (Å²) in [4.78, 5) is 22.2. The summed E-state index contributed by atoms with van der Waals surface area (Å²) in [7, 11) is 0. The summed E-state index contributed by atoms with van der Waals surface area (Å²) in [5.74, 6) is -1.53. The van der Waals surface area contributed by atoms with Crippen molar-refractivity contribution in [3.8, 4) is 0 Å². The van der Waals surface area contributed by atoms with Crippen molar-refractivity contribution >= 4 is 22.8 Å². The van der Waals surface area contributed by atoms with Crippen molar-refractivity contribution in [2.45, 2.75) is 25.9 Å². The molecule has 112 valence electrons. The standard InChI is InChI=1S/C15H17NO5/c1-9-2-3-11-10(8-21-13(11)6-9)7-14(18)16-5-4-12(17)15(19)20/h2-3,6,8,12,17H,4-5,7H2,1H3,(H,16,18)(H,19,20)/t12-/m0/s1. The highest BCUT2D eigenvalue weighted by molar-refractivity contribution is 5.87. The Morgan fingerprint density at radius 3 is 2.86 bits per heavy atom. The molecule has 0 aliphatic rings. The van der Waals surface area contributed by atoms with Gasteiger partial charge in [0.05, 0.1) is 12.7 Å². The maximum Gasteiger partial charge on any atom is 0.332 e. The second-order valence-electron chi connectivity index (χ2n) is 4.93. The number of carboxylic acid groups (broad SMARTS) is 1. The number of hydrogen-bond acceptors (Lipinski definition) is 4. The van der Waals surface area contributed by atoms with Crippen LogP contribution in [0.25, 0.3) is 11.0 Å². The smallest absolute Gasteiger partial charge is 0.332 e. The monoisotopic (exact) mass is 291 g/mol. The number of aliphatic hydroxyl groups excluding tert-OH is 1. The number of aliphatic carboxylic acids is 1.